The maximum Gasteiger partial charge on any atom is 0.251 e. The molecule has 1 saturated heterocycles. The summed E-state index contributed by atoms with van der Waals surface area (Å²) in [6, 6.07) is 10.3. The minimum absolute atomic E-state index is 0.00118. The number of likely N-dealkylation sites (tertiary alicyclic amines) is 1. The number of hydrogen-bond donors (Lipinski definition) is 1. The van der Waals surface area contributed by atoms with E-state index < -0.39 is 0 Å². The second-order valence-electron chi connectivity index (χ2n) is 8.48. The average molecular weight is 439 g/mol. The van der Waals surface area contributed by atoms with Gasteiger partial charge in [0.15, 0.2) is 0 Å². The van der Waals surface area contributed by atoms with Crippen LogP contribution in [0.3, 0.4) is 0 Å². The molecule has 2 aliphatic rings. The minimum Gasteiger partial charge on any atom is -0.364 e. The van der Waals surface area contributed by atoms with Crippen molar-refractivity contribution in [3.8, 4) is 0 Å². The van der Waals surface area contributed by atoms with Gasteiger partial charge in [-0.25, -0.2) is 4.98 Å². The molecule has 2 aromatic heterocycles. The predicted octanol–water partition coefficient (Wildman–Crippen LogP) is 4.04. The van der Waals surface area contributed by atoms with Gasteiger partial charge in [-0.2, -0.15) is 0 Å². The standard InChI is InChI=1S/C23H26N4OS2/c1-16-25-18(13-30-16)12-27-15-23(7-8-26(2)14-23)20-10-17(5-6-21(20)27)22(28)24-11-19-4-3-9-29-19/h3-6,9-10,13H,7-8,11-12,14-15H2,1-2H3,(H,24,28). The highest BCUT2D eigenvalue weighted by Gasteiger charge is 2.46. The SMILES string of the molecule is Cc1nc(CN2CC3(CCN(C)C3)c3cc(C(=O)NCc4cccs4)ccc32)cs1. The largest absolute Gasteiger partial charge is 0.364 e. The molecule has 4 heterocycles. The van der Waals surface area contributed by atoms with Gasteiger partial charge in [-0.1, -0.05) is 6.07 Å². The van der Waals surface area contributed by atoms with Crippen molar-refractivity contribution in [2.24, 2.45) is 0 Å². The van der Waals surface area contributed by atoms with Gasteiger partial charge < -0.3 is 15.1 Å². The molecule has 156 valence electrons. The summed E-state index contributed by atoms with van der Waals surface area (Å²) >= 11 is 3.37. The second kappa shape index (κ2) is 7.80. The summed E-state index contributed by atoms with van der Waals surface area (Å²) in [6.07, 6.45) is 1.13. The van der Waals surface area contributed by atoms with Crippen molar-refractivity contribution in [1.82, 2.24) is 15.2 Å². The number of thiophene rings is 1. The van der Waals surface area contributed by atoms with Crippen LogP contribution in [0.4, 0.5) is 5.69 Å². The van der Waals surface area contributed by atoms with Gasteiger partial charge in [0.25, 0.3) is 5.91 Å². The number of aromatic nitrogens is 1. The molecule has 0 aliphatic carbocycles. The molecule has 1 unspecified atom stereocenters. The summed E-state index contributed by atoms with van der Waals surface area (Å²) in [7, 11) is 2.19. The molecular formula is C23H26N4OS2. The quantitative estimate of drug-likeness (QED) is 0.653. The first-order valence-electron chi connectivity index (χ1n) is 10.3. The Labute approximate surface area is 185 Å². The summed E-state index contributed by atoms with van der Waals surface area (Å²) in [5.41, 5.74) is 4.56. The highest BCUT2D eigenvalue weighted by Crippen LogP contribution is 2.47. The van der Waals surface area contributed by atoms with E-state index in [-0.39, 0.29) is 11.3 Å². The molecule has 5 rings (SSSR count). The van der Waals surface area contributed by atoms with E-state index in [0.29, 0.717) is 6.54 Å². The number of likely N-dealkylation sites (N-methyl/N-ethyl adjacent to an activating group) is 1. The fraction of sp³-hybridized carbons (Fsp3) is 0.391. The number of anilines is 1. The van der Waals surface area contributed by atoms with E-state index in [2.05, 4.69) is 57.7 Å². The van der Waals surface area contributed by atoms with Gasteiger partial charge in [0.05, 0.1) is 23.8 Å². The van der Waals surface area contributed by atoms with E-state index >= 15 is 0 Å². The summed E-state index contributed by atoms with van der Waals surface area (Å²) in [6.45, 7) is 6.58. The van der Waals surface area contributed by atoms with Crippen LogP contribution in [0.2, 0.25) is 0 Å². The maximum atomic E-state index is 12.8. The third-order valence-electron chi connectivity index (χ3n) is 6.23. The number of aryl methyl sites for hydroxylation is 1. The third-order valence-corrected chi connectivity index (χ3v) is 7.93. The summed E-state index contributed by atoms with van der Waals surface area (Å²) in [5.74, 6) is 0.00118. The zero-order chi connectivity index (χ0) is 20.7. The van der Waals surface area contributed by atoms with Crippen molar-refractivity contribution in [3.63, 3.8) is 0 Å². The molecule has 1 amide bonds. The highest BCUT2D eigenvalue weighted by molar-refractivity contribution is 7.10. The van der Waals surface area contributed by atoms with Crippen LogP contribution in [-0.4, -0.2) is 42.5 Å². The molecule has 30 heavy (non-hydrogen) atoms. The van der Waals surface area contributed by atoms with E-state index in [1.54, 1.807) is 22.7 Å². The Bertz CT molecular complexity index is 1060. The van der Waals surface area contributed by atoms with E-state index in [9.17, 15) is 4.79 Å². The highest BCUT2D eigenvalue weighted by atomic mass is 32.1. The summed E-state index contributed by atoms with van der Waals surface area (Å²) < 4.78 is 0. The number of nitrogens with zero attached hydrogens (tertiary/aromatic N) is 3. The molecule has 1 aromatic carbocycles. The van der Waals surface area contributed by atoms with Gasteiger partial charge in [-0.15, -0.1) is 22.7 Å². The lowest BCUT2D eigenvalue weighted by Gasteiger charge is -2.25. The monoisotopic (exact) mass is 438 g/mol. The van der Waals surface area contributed by atoms with Crippen LogP contribution in [0.25, 0.3) is 0 Å². The number of carbonyl (C=O) groups excluding carboxylic acids is 1. The van der Waals surface area contributed by atoms with Gasteiger partial charge in [-0.3, -0.25) is 4.79 Å². The Kier molecular flexibility index (Phi) is 5.13. The average Bonchev–Trinajstić information content (AvgIpc) is 3.51. The lowest BCUT2D eigenvalue weighted by molar-refractivity contribution is 0.0951. The number of fused-ring (bicyclic) bond motifs is 2. The Morgan fingerprint density at radius 2 is 2.17 bits per heavy atom. The molecular weight excluding hydrogens is 412 g/mol. The fourth-order valence-corrected chi connectivity index (χ4v) is 6.09. The van der Waals surface area contributed by atoms with Crippen molar-refractivity contribution in [2.45, 2.75) is 31.8 Å². The summed E-state index contributed by atoms with van der Waals surface area (Å²) in [5, 5.41) is 8.38. The van der Waals surface area contributed by atoms with Crippen LogP contribution in [0.5, 0.6) is 0 Å². The number of nitrogens with one attached hydrogen (secondary N) is 1. The lowest BCUT2D eigenvalue weighted by Crippen LogP contribution is -2.35. The zero-order valence-electron chi connectivity index (χ0n) is 17.4. The van der Waals surface area contributed by atoms with Crippen LogP contribution in [0, 0.1) is 6.92 Å². The number of carbonyl (C=O) groups is 1. The van der Waals surface area contributed by atoms with Crippen LogP contribution < -0.4 is 10.2 Å². The molecule has 1 fully saturated rings. The van der Waals surface area contributed by atoms with Gasteiger partial charge in [0.2, 0.25) is 0 Å². The maximum absolute atomic E-state index is 12.8. The molecule has 0 radical (unpaired) electrons. The Hall–Kier alpha value is -2.22. The molecule has 2 aliphatic heterocycles. The van der Waals surface area contributed by atoms with Crippen LogP contribution in [-0.2, 0) is 18.5 Å². The number of thiazole rings is 1. The topological polar surface area (TPSA) is 48.5 Å². The minimum atomic E-state index is 0.00118. The molecule has 5 nitrogen and oxygen atoms in total. The van der Waals surface area contributed by atoms with Gasteiger partial charge in [0, 0.05) is 40.0 Å². The smallest absolute Gasteiger partial charge is 0.251 e. The van der Waals surface area contributed by atoms with Crippen molar-refractivity contribution in [3.05, 3.63) is 67.8 Å². The molecule has 1 atom stereocenters. The van der Waals surface area contributed by atoms with Crippen LogP contribution in [0.1, 0.15) is 37.9 Å². The van der Waals surface area contributed by atoms with Crippen molar-refractivity contribution >= 4 is 34.3 Å². The number of hydrogen-bond acceptors (Lipinski definition) is 6. The molecule has 1 N–H and O–H groups in total. The first kappa shape index (κ1) is 19.7. The van der Waals surface area contributed by atoms with E-state index in [0.717, 1.165) is 48.9 Å². The molecule has 1 spiro atoms. The zero-order valence-corrected chi connectivity index (χ0v) is 19.0. The predicted molar refractivity (Wildman–Crippen MR) is 124 cm³/mol. The van der Waals surface area contributed by atoms with Gasteiger partial charge in [0.1, 0.15) is 0 Å². The second-order valence-corrected chi connectivity index (χ2v) is 10.6. The lowest BCUT2D eigenvalue weighted by atomic mass is 9.81. The van der Waals surface area contributed by atoms with Crippen LogP contribution >= 0.6 is 22.7 Å². The molecule has 7 heteroatoms. The Balaban J connectivity index is 1.42. The Morgan fingerprint density at radius 1 is 1.27 bits per heavy atom. The number of rotatable bonds is 5. The molecule has 3 aromatic rings. The Morgan fingerprint density at radius 3 is 2.87 bits per heavy atom. The third kappa shape index (κ3) is 3.66. The van der Waals surface area contributed by atoms with E-state index in [1.807, 2.05) is 17.5 Å². The van der Waals surface area contributed by atoms with E-state index in [1.165, 1.54) is 16.1 Å². The molecule has 0 bridgehead atoms. The van der Waals surface area contributed by atoms with E-state index in [4.69, 9.17) is 0 Å². The molecule has 0 saturated carbocycles. The van der Waals surface area contributed by atoms with Gasteiger partial charge in [-0.05, 0) is 62.1 Å². The first-order valence-corrected chi connectivity index (χ1v) is 12.1. The number of benzene rings is 1. The summed E-state index contributed by atoms with van der Waals surface area (Å²) in [4.78, 5) is 23.5. The van der Waals surface area contributed by atoms with Crippen molar-refractivity contribution < 1.29 is 4.79 Å². The first-order chi connectivity index (χ1) is 14.5. The van der Waals surface area contributed by atoms with Crippen LogP contribution in [0.15, 0.2) is 41.1 Å². The van der Waals surface area contributed by atoms with Crippen molar-refractivity contribution in [2.75, 3.05) is 31.6 Å². The normalized spacial score (nSPS) is 20.8. The number of amides is 1. The van der Waals surface area contributed by atoms with Gasteiger partial charge >= 0.3 is 0 Å². The van der Waals surface area contributed by atoms with Crippen molar-refractivity contribution in [1.29, 1.82) is 0 Å². The fourth-order valence-electron chi connectivity index (χ4n) is 4.84.